The minimum absolute atomic E-state index is 0.737. The van der Waals surface area contributed by atoms with Gasteiger partial charge in [0.25, 0.3) is 0 Å². The van der Waals surface area contributed by atoms with Gasteiger partial charge in [0.05, 0.1) is 14.2 Å². The Morgan fingerprint density at radius 3 is 2.83 bits per heavy atom. The standard InChI is InChI=1S/C15H18ClN3O2S2/c1-20-12-5-4-11(10-13(12)21-2)6-8-17-14-18-19-15(23-14)22-9-3-7-16/h3-5,7,10H,6,8-9H2,1-2H3,(H,17,18). The van der Waals surface area contributed by atoms with Crippen molar-refractivity contribution < 1.29 is 9.47 Å². The lowest BCUT2D eigenvalue weighted by Crippen LogP contribution is -2.04. The zero-order valence-corrected chi connectivity index (χ0v) is 15.3. The number of methoxy groups -OCH3 is 2. The number of rotatable bonds is 9. The van der Waals surface area contributed by atoms with Gasteiger partial charge in [0, 0.05) is 17.8 Å². The summed E-state index contributed by atoms with van der Waals surface area (Å²) in [4.78, 5) is 0. The van der Waals surface area contributed by atoms with Crippen molar-refractivity contribution >= 4 is 39.8 Å². The monoisotopic (exact) mass is 371 g/mol. The molecule has 0 radical (unpaired) electrons. The third-order valence-corrected chi connectivity index (χ3v) is 5.08. The van der Waals surface area contributed by atoms with Crippen LogP contribution in [-0.2, 0) is 6.42 Å². The Kier molecular flexibility index (Phi) is 7.51. The normalized spacial score (nSPS) is 10.9. The molecule has 124 valence electrons. The second-order valence-electron chi connectivity index (χ2n) is 4.41. The Morgan fingerprint density at radius 1 is 1.26 bits per heavy atom. The molecule has 0 aliphatic carbocycles. The molecule has 0 saturated heterocycles. The van der Waals surface area contributed by atoms with Gasteiger partial charge in [0.2, 0.25) is 5.13 Å². The van der Waals surface area contributed by atoms with E-state index in [0.29, 0.717) is 0 Å². The van der Waals surface area contributed by atoms with Gasteiger partial charge < -0.3 is 14.8 Å². The van der Waals surface area contributed by atoms with E-state index in [1.807, 2.05) is 24.3 Å². The smallest absolute Gasteiger partial charge is 0.206 e. The van der Waals surface area contributed by atoms with Crippen LogP contribution in [0.2, 0.25) is 0 Å². The fourth-order valence-electron chi connectivity index (χ4n) is 1.85. The molecule has 0 spiro atoms. The van der Waals surface area contributed by atoms with Gasteiger partial charge in [-0.25, -0.2) is 0 Å². The van der Waals surface area contributed by atoms with E-state index in [9.17, 15) is 0 Å². The molecule has 2 rings (SSSR count). The first kappa shape index (κ1) is 17.9. The average molecular weight is 372 g/mol. The van der Waals surface area contributed by atoms with E-state index in [0.717, 1.165) is 39.7 Å². The number of nitrogens with one attached hydrogen (secondary N) is 1. The van der Waals surface area contributed by atoms with Crippen LogP contribution in [0.5, 0.6) is 11.5 Å². The maximum Gasteiger partial charge on any atom is 0.206 e. The van der Waals surface area contributed by atoms with Crippen LogP contribution < -0.4 is 14.8 Å². The van der Waals surface area contributed by atoms with Crippen LogP contribution in [0.3, 0.4) is 0 Å². The summed E-state index contributed by atoms with van der Waals surface area (Å²) >= 11 is 8.63. The summed E-state index contributed by atoms with van der Waals surface area (Å²) < 4.78 is 11.5. The highest BCUT2D eigenvalue weighted by molar-refractivity contribution is 8.01. The maximum atomic E-state index is 5.48. The van der Waals surface area contributed by atoms with E-state index in [2.05, 4.69) is 15.5 Å². The number of ether oxygens (including phenoxy) is 2. The second-order valence-corrected chi connectivity index (χ2v) is 6.91. The summed E-state index contributed by atoms with van der Waals surface area (Å²) in [5.74, 6) is 2.27. The quantitative estimate of drug-likeness (QED) is 0.671. The number of thioether (sulfide) groups is 1. The van der Waals surface area contributed by atoms with Crippen LogP contribution in [0.25, 0.3) is 0 Å². The molecule has 0 aliphatic rings. The predicted octanol–water partition coefficient (Wildman–Crippen LogP) is 4.05. The number of aromatic nitrogens is 2. The van der Waals surface area contributed by atoms with E-state index in [4.69, 9.17) is 21.1 Å². The molecule has 0 amide bonds. The Hall–Kier alpha value is -1.44. The third kappa shape index (κ3) is 5.60. The molecule has 0 unspecified atom stereocenters. The summed E-state index contributed by atoms with van der Waals surface area (Å²) in [5.41, 5.74) is 2.68. The Labute approximate surface area is 149 Å². The number of halogens is 1. The van der Waals surface area contributed by atoms with E-state index < -0.39 is 0 Å². The lowest BCUT2D eigenvalue weighted by Gasteiger charge is -2.09. The highest BCUT2D eigenvalue weighted by Gasteiger charge is 2.06. The summed E-state index contributed by atoms with van der Waals surface area (Å²) in [6.45, 7) is 0.774. The Bertz CT molecular complexity index is 649. The van der Waals surface area contributed by atoms with E-state index in [-0.39, 0.29) is 0 Å². The molecule has 2 aromatic rings. The van der Waals surface area contributed by atoms with Crippen LogP contribution in [-0.4, -0.2) is 36.7 Å². The summed E-state index contributed by atoms with van der Waals surface area (Å²) in [6.07, 6.45) is 2.73. The molecule has 1 aromatic carbocycles. The van der Waals surface area contributed by atoms with Gasteiger partial charge in [0.1, 0.15) is 0 Å². The first-order chi connectivity index (χ1) is 11.3. The molecule has 23 heavy (non-hydrogen) atoms. The summed E-state index contributed by atoms with van der Waals surface area (Å²) in [7, 11) is 3.27. The van der Waals surface area contributed by atoms with Gasteiger partial charge in [-0.15, -0.1) is 10.2 Å². The second kappa shape index (κ2) is 9.64. The highest BCUT2D eigenvalue weighted by Crippen LogP contribution is 2.28. The molecule has 1 aromatic heterocycles. The van der Waals surface area contributed by atoms with Crippen molar-refractivity contribution in [2.45, 2.75) is 10.8 Å². The molecule has 0 bridgehead atoms. The summed E-state index contributed by atoms with van der Waals surface area (Å²) in [6, 6.07) is 5.93. The zero-order chi connectivity index (χ0) is 16.5. The van der Waals surface area contributed by atoms with Crippen molar-refractivity contribution in [3.63, 3.8) is 0 Å². The molecule has 0 fully saturated rings. The van der Waals surface area contributed by atoms with Crippen molar-refractivity contribution in [2.24, 2.45) is 0 Å². The predicted molar refractivity (Wildman–Crippen MR) is 97.4 cm³/mol. The molecular formula is C15H18ClN3O2S2. The molecule has 1 N–H and O–H groups in total. The Morgan fingerprint density at radius 2 is 2.09 bits per heavy atom. The van der Waals surface area contributed by atoms with Crippen LogP contribution in [0.1, 0.15) is 5.56 Å². The lowest BCUT2D eigenvalue weighted by molar-refractivity contribution is 0.354. The first-order valence-corrected chi connectivity index (χ1v) is 9.17. The number of benzene rings is 1. The lowest BCUT2D eigenvalue weighted by atomic mass is 10.1. The van der Waals surface area contributed by atoms with Crippen molar-refractivity contribution in [1.29, 1.82) is 0 Å². The molecule has 5 nitrogen and oxygen atoms in total. The van der Waals surface area contributed by atoms with E-state index in [1.165, 1.54) is 11.1 Å². The summed E-state index contributed by atoms with van der Waals surface area (Å²) in [5, 5.41) is 12.3. The van der Waals surface area contributed by atoms with Crippen LogP contribution in [0.4, 0.5) is 5.13 Å². The van der Waals surface area contributed by atoms with Crippen LogP contribution in [0, 0.1) is 0 Å². The third-order valence-electron chi connectivity index (χ3n) is 2.94. The highest BCUT2D eigenvalue weighted by atomic mass is 35.5. The maximum absolute atomic E-state index is 5.48. The van der Waals surface area contributed by atoms with Crippen LogP contribution in [0.15, 0.2) is 34.1 Å². The van der Waals surface area contributed by atoms with Gasteiger partial charge in [0.15, 0.2) is 15.8 Å². The van der Waals surface area contributed by atoms with Crippen molar-refractivity contribution in [3.8, 4) is 11.5 Å². The Balaban J connectivity index is 1.83. The van der Waals surface area contributed by atoms with Crippen molar-refractivity contribution in [1.82, 2.24) is 10.2 Å². The van der Waals surface area contributed by atoms with Gasteiger partial charge in [-0.05, 0) is 24.1 Å². The molecule has 8 heteroatoms. The molecule has 0 saturated carbocycles. The minimum Gasteiger partial charge on any atom is -0.493 e. The number of anilines is 1. The fourth-order valence-corrected chi connectivity index (χ4v) is 3.65. The van der Waals surface area contributed by atoms with Crippen LogP contribution >= 0.6 is 34.7 Å². The largest absolute Gasteiger partial charge is 0.493 e. The van der Waals surface area contributed by atoms with Gasteiger partial charge in [-0.1, -0.05) is 46.8 Å². The molecule has 1 heterocycles. The SMILES string of the molecule is COc1ccc(CCNc2nnc(SCC=CCl)s2)cc1OC. The minimum atomic E-state index is 0.737. The number of nitrogens with zero attached hydrogens (tertiary/aromatic N) is 2. The topological polar surface area (TPSA) is 56.3 Å². The molecular weight excluding hydrogens is 354 g/mol. The van der Waals surface area contributed by atoms with Gasteiger partial charge >= 0.3 is 0 Å². The van der Waals surface area contributed by atoms with E-state index >= 15 is 0 Å². The zero-order valence-electron chi connectivity index (χ0n) is 12.9. The fraction of sp³-hybridized carbons (Fsp3) is 0.333. The molecule has 0 aliphatic heterocycles. The van der Waals surface area contributed by atoms with Crippen molar-refractivity contribution in [3.05, 3.63) is 35.4 Å². The van der Waals surface area contributed by atoms with Gasteiger partial charge in [-0.2, -0.15) is 0 Å². The number of hydrogen-bond acceptors (Lipinski definition) is 7. The van der Waals surface area contributed by atoms with Crippen molar-refractivity contribution in [2.75, 3.05) is 31.8 Å². The number of hydrogen-bond donors (Lipinski definition) is 1. The van der Waals surface area contributed by atoms with E-state index in [1.54, 1.807) is 37.3 Å². The average Bonchev–Trinajstić information content (AvgIpc) is 3.02. The van der Waals surface area contributed by atoms with Gasteiger partial charge in [-0.3, -0.25) is 0 Å². The first-order valence-electron chi connectivity index (χ1n) is 6.93. The molecule has 0 atom stereocenters.